The summed E-state index contributed by atoms with van der Waals surface area (Å²) in [5, 5.41) is 4.71. The fourth-order valence-electron chi connectivity index (χ4n) is 4.36. The maximum atomic E-state index is 14.0. The monoisotopic (exact) mass is 397 g/mol. The Kier molecular flexibility index (Phi) is 4.41. The lowest BCUT2D eigenvalue weighted by molar-refractivity contribution is 0.0736. The quantitative estimate of drug-likeness (QED) is 0.667. The van der Waals surface area contributed by atoms with E-state index in [1.54, 1.807) is 6.20 Å². The first-order valence-corrected chi connectivity index (χ1v) is 9.97. The van der Waals surface area contributed by atoms with Gasteiger partial charge in [0.25, 0.3) is 5.91 Å². The second-order valence-electron chi connectivity index (χ2n) is 7.55. The summed E-state index contributed by atoms with van der Waals surface area (Å²) in [6.45, 7) is 1.86. The van der Waals surface area contributed by atoms with E-state index in [2.05, 4.69) is 9.88 Å². The SMILES string of the molecule is O=C(c1c(F)cccc1F)N1CCN(c2nccn3nc4c(c23)CCCC4)CC1. The van der Waals surface area contributed by atoms with Crippen LogP contribution in [0.15, 0.2) is 30.6 Å². The number of amides is 1. The van der Waals surface area contributed by atoms with Crippen molar-refractivity contribution >= 4 is 17.2 Å². The van der Waals surface area contributed by atoms with Gasteiger partial charge in [-0.15, -0.1) is 0 Å². The standard InChI is InChI=1S/C21H21F2N5O/c22-15-5-3-6-16(23)18(15)21(29)27-12-10-26(11-13-27)20-19-14-4-1-2-7-17(14)25-28(19)9-8-24-20/h3,5-6,8-9H,1-2,4,7,10-13H2. The molecule has 1 aliphatic carbocycles. The number of aryl methyl sites for hydroxylation is 2. The predicted octanol–water partition coefficient (Wildman–Crippen LogP) is 2.85. The number of anilines is 1. The lowest BCUT2D eigenvalue weighted by atomic mass is 9.97. The number of piperazine rings is 1. The van der Waals surface area contributed by atoms with Crippen molar-refractivity contribution in [3.05, 3.63) is 59.0 Å². The van der Waals surface area contributed by atoms with Crippen molar-refractivity contribution < 1.29 is 13.6 Å². The highest BCUT2D eigenvalue weighted by Crippen LogP contribution is 2.30. The van der Waals surface area contributed by atoms with Crippen LogP contribution < -0.4 is 4.90 Å². The van der Waals surface area contributed by atoms with Crippen LogP contribution in [0.25, 0.3) is 5.52 Å². The maximum absolute atomic E-state index is 14.0. The second-order valence-corrected chi connectivity index (χ2v) is 7.55. The van der Waals surface area contributed by atoms with Gasteiger partial charge in [0.05, 0.1) is 5.69 Å². The molecule has 0 bridgehead atoms. The van der Waals surface area contributed by atoms with Crippen LogP contribution in [0.5, 0.6) is 0 Å². The van der Waals surface area contributed by atoms with Crippen LogP contribution in [0.1, 0.15) is 34.5 Å². The summed E-state index contributed by atoms with van der Waals surface area (Å²) in [6, 6.07) is 3.48. The van der Waals surface area contributed by atoms with Crippen molar-refractivity contribution in [2.75, 3.05) is 31.1 Å². The average molecular weight is 397 g/mol. The van der Waals surface area contributed by atoms with Crippen LogP contribution in [0, 0.1) is 11.6 Å². The van der Waals surface area contributed by atoms with Crippen molar-refractivity contribution in [2.24, 2.45) is 0 Å². The normalized spacial score (nSPS) is 16.9. The van der Waals surface area contributed by atoms with E-state index in [0.29, 0.717) is 26.2 Å². The summed E-state index contributed by atoms with van der Waals surface area (Å²) in [4.78, 5) is 20.9. The third kappa shape index (κ3) is 3.03. The molecule has 6 nitrogen and oxygen atoms in total. The number of halogens is 2. The summed E-state index contributed by atoms with van der Waals surface area (Å²) in [6.07, 6.45) is 7.92. The molecule has 5 rings (SSSR count). The Morgan fingerprint density at radius 1 is 1.00 bits per heavy atom. The number of carbonyl (C=O) groups is 1. The topological polar surface area (TPSA) is 53.7 Å². The number of nitrogens with zero attached hydrogens (tertiary/aromatic N) is 5. The minimum Gasteiger partial charge on any atom is -0.351 e. The van der Waals surface area contributed by atoms with Gasteiger partial charge >= 0.3 is 0 Å². The molecule has 2 aliphatic rings. The van der Waals surface area contributed by atoms with Gasteiger partial charge in [0.15, 0.2) is 5.82 Å². The molecule has 2 aromatic heterocycles. The largest absolute Gasteiger partial charge is 0.351 e. The van der Waals surface area contributed by atoms with E-state index in [9.17, 15) is 13.6 Å². The van der Waals surface area contributed by atoms with Gasteiger partial charge in [-0.1, -0.05) is 6.07 Å². The summed E-state index contributed by atoms with van der Waals surface area (Å²) in [5.41, 5.74) is 2.98. The van der Waals surface area contributed by atoms with E-state index in [4.69, 9.17) is 5.10 Å². The first-order chi connectivity index (χ1) is 14.1. The number of hydrogen-bond acceptors (Lipinski definition) is 4. The molecule has 0 unspecified atom stereocenters. The Labute approximate surface area is 166 Å². The summed E-state index contributed by atoms with van der Waals surface area (Å²) in [5.74, 6) is -1.38. The molecule has 1 aliphatic heterocycles. The van der Waals surface area contributed by atoms with Gasteiger partial charge in [-0.25, -0.2) is 18.3 Å². The number of rotatable bonds is 2. The Morgan fingerprint density at radius 2 is 1.72 bits per heavy atom. The van der Waals surface area contributed by atoms with E-state index >= 15 is 0 Å². The van der Waals surface area contributed by atoms with Crippen LogP contribution >= 0.6 is 0 Å². The molecule has 29 heavy (non-hydrogen) atoms. The molecule has 0 radical (unpaired) electrons. The van der Waals surface area contributed by atoms with Gasteiger partial charge in [0.2, 0.25) is 0 Å². The third-order valence-electron chi connectivity index (χ3n) is 5.84. The second kappa shape index (κ2) is 7.09. The zero-order chi connectivity index (χ0) is 20.0. The Hall–Kier alpha value is -3.03. The fraction of sp³-hybridized carbons (Fsp3) is 0.381. The van der Waals surface area contributed by atoms with Gasteiger partial charge in [0, 0.05) is 44.1 Å². The molecule has 0 N–H and O–H groups in total. The van der Waals surface area contributed by atoms with Gasteiger partial charge < -0.3 is 9.80 Å². The molecule has 0 atom stereocenters. The van der Waals surface area contributed by atoms with E-state index in [0.717, 1.165) is 54.8 Å². The fourth-order valence-corrected chi connectivity index (χ4v) is 4.36. The Bertz CT molecular complexity index is 1070. The zero-order valence-electron chi connectivity index (χ0n) is 15.9. The molecule has 0 spiro atoms. The van der Waals surface area contributed by atoms with Crippen molar-refractivity contribution in [1.82, 2.24) is 19.5 Å². The number of aromatic nitrogens is 3. The van der Waals surface area contributed by atoms with Gasteiger partial charge in [-0.05, 0) is 37.8 Å². The molecule has 1 aromatic carbocycles. The summed E-state index contributed by atoms with van der Waals surface area (Å²) in [7, 11) is 0. The molecule has 3 heterocycles. The molecule has 0 saturated carbocycles. The first kappa shape index (κ1) is 18.0. The number of carbonyl (C=O) groups excluding carboxylic acids is 1. The third-order valence-corrected chi connectivity index (χ3v) is 5.84. The number of benzene rings is 1. The molecule has 1 amide bonds. The van der Waals surface area contributed by atoms with Crippen molar-refractivity contribution in [3.8, 4) is 0 Å². The number of hydrogen-bond donors (Lipinski definition) is 0. The lowest BCUT2D eigenvalue weighted by Crippen LogP contribution is -2.49. The highest BCUT2D eigenvalue weighted by Gasteiger charge is 2.29. The van der Waals surface area contributed by atoms with Gasteiger partial charge in [-0.3, -0.25) is 4.79 Å². The molecule has 8 heteroatoms. The summed E-state index contributed by atoms with van der Waals surface area (Å²) < 4.78 is 29.9. The minimum absolute atomic E-state index is 0.381. The van der Waals surface area contributed by atoms with Crippen LogP contribution in [0.3, 0.4) is 0 Å². The van der Waals surface area contributed by atoms with Crippen LogP contribution in [0.4, 0.5) is 14.6 Å². The first-order valence-electron chi connectivity index (χ1n) is 9.97. The highest BCUT2D eigenvalue weighted by molar-refractivity contribution is 5.95. The maximum Gasteiger partial charge on any atom is 0.259 e. The smallest absolute Gasteiger partial charge is 0.259 e. The number of fused-ring (bicyclic) bond motifs is 3. The molecule has 1 saturated heterocycles. The Morgan fingerprint density at radius 3 is 2.48 bits per heavy atom. The molecule has 150 valence electrons. The van der Waals surface area contributed by atoms with Crippen LogP contribution in [-0.4, -0.2) is 51.6 Å². The van der Waals surface area contributed by atoms with Gasteiger partial charge in [0.1, 0.15) is 22.7 Å². The van der Waals surface area contributed by atoms with Crippen LogP contribution in [0.2, 0.25) is 0 Å². The van der Waals surface area contributed by atoms with E-state index in [-0.39, 0.29) is 0 Å². The predicted molar refractivity (Wildman–Crippen MR) is 104 cm³/mol. The van der Waals surface area contributed by atoms with Crippen LogP contribution in [-0.2, 0) is 12.8 Å². The van der Waals surface area contributed by atoms with Crippen molar-refractivity contribution in [3.63, 3.8) is 0 Å². The molecular formula is C21H21F2N5O. The Balaban J connectivity index is 1.39. The molecule has 1 fully saturated rings. The highest BCUT2D eigenvalue weighted by atomic mass is 19.1. The zero-order valence-corrected chi connectivity index (χ0v) is 15.9. The van der Waals surface area contributed by atoms with E-state index < -0.39 is 23.1 Å². The van der Waals surface area contributed by atoms with Crippen molar-refractivity contribution in [1.29, 1.82) is 0 Å². The van der Waals surface area contributed by atoms with Gasteiger partial charge in [-0.2, -0.15) is 5.10 Å². The van der Waals surface area contributed by atoms with Crippen molar-refractivity contribution in [2.45, 2.75) is 25.7 Å². The lowest BCUT2D eigenvalue weighted by Gasteiger charge is -2.35. The minimum atomic E-state index is -0.824. The molecule has 3 aromatic rings. The molecular weight excluding hydrogens is 376 g/mol. The summed E-state index contributed by atoms with van der Waals surface area (Å²) >= 11 is 0. The average Bonchev–Trinajstić information content (AvgIpc) is 3.12. The van der Waals surface area contributed by atoms with E-state index in [1.165, 1.54) is 16.5 Å². The van der Waals surface area contributed by atoms with E-state index in [1.807, 2.05) is 10.7 Å².